The van der Waals surface area contributed by atoms with Crippen molar-refractivity contribution in [2.24, 2.45) is 5.92 Å². The van der Waals surface area contributed by atoms with E-state index in [1.807, 2.05) is 23.1 Å². The van der Waals surface area contributed by atoms with Gasteiger partial charge in [0.05, 0.1) is 12.3 Å². The maximum atomic E-state index is 13.2. The molecule has 1 atom stereocenters. The summed E-state index contributed by atoms with van der Waals surface area (Å²) in [4.78, 5) is 17.3. The average molecular weight is 464 g/mol. The SMILES string of the molecule is CN(Cc1ccc(OC[C@@H]2CCCN(C(=O)c3n[nH]c4c3CCCC4)C2)cc1)Cc1ccon1. The van der Waals surface area contributed by atoms with Gasteiger partial charge in [-0.2, -0.15) is 5.10 Å². The number of ether oxygens (including phenoxy) is 1. The summed E-state index contributed by atoms with van der Waals surface area (Å²) in [6.07, 6.45) is 7.95. The molecule has 8 nitrogen and oxygen atoms in total. The molecule has 8 heteroatoms. The van der Waals surface area contributed by atoms with E-state index in [0.29, 0.717) is 18.2 Å². The average Bonchev–Trinajstić information content (AvgIpc) is 3.53. The second-order valence-electron chi connectivity index (χ2n) is 9.61. The Balaban J connectivity index is 1.11. The molecule has 0 spiro atoms. The van der Waals surface area contributed by atoms with Gasteiger partial charge in [0.1, 0.15) is 12.0 Å². The van der Waals surface area contributed by atoms with Crippen LogP contribution in [-0.2, 0) is 25.9 Å². The fraction of sp³-hybridized carbons (Fsp3) is 0.500. The number of piperidine rings is 1. The van der Waals surface area contributed by atoms with Crippen molar-refractivity contribution in [2.45, 2.75) is 51.6 Å². The van der Waals surface area contributed by atoms with Crippen LogP contribution in [0.2, 0.25) is 0 Å². The lowest BCUT2D eigenvalue weighted by molar-refractivity contribution is 0.0626. The first-order valence-electron chi connectivity index (χ1n) is 12.3. The van der Waals surface area contributed by atoms with Gasteiger partial charge in [0.25, 0.3) is 5.91 Å². The molecule has 0 radical (unpaired) electrons. The highest BCUT2D eigenvalue weighted by Crippen LogP contribution is 2.25. The number of aromatic amines is 1. The monoisotopic (exact) mass is 463 g/mol. The van der Waals surface area contributed by atoms with Gasteiger partial charge in [0, 0.05) is 49.4 Å². The summed E-state index contributed by atoms with van der Waals surface area (Å²) in [5.74, 6) is 1.27. The zero-order valence-corrected chi connectivity index (χ0v) is 19.8. The molecule has 0 saturated carbocycles. The van der Waals surface area contributed by atoms with Gasteiger partial charge in [0.15, 0.2) is 5.69 Å². The van der Waals surface area contributed by atoms with E-state index in [9.17, 15) is 4.79 Å². The molecule has 5 rings (SSSR count). The van der Waals surface area contributed by atoms with Crippen molar-refractivity contribution in [1.82, 2.24) is 25.2 Å². The normalized spacial score (nSPS) is 18.2. The first-order valence-corrected chi connectivity index (χ1v) is 12.3. The minimum Gasteiger partial charge on any atom is -0.493 e. The molecular formula is C26H33N5O3. The van der Waals surface area contributed by atoms with E-state index in [-0.39, 0.29) is 5.91 Å². The predicted molar refractivity (Wildman–Crippen MR) is 127 cm³/mol. The maximum Gasteiger partial charge on any atom is 0.274 e. The van der Waals surface area contributed by atoms with Gasteiger partial charge in [-0.05, 0) is 63.3 Å². The predicted octanol–water partition coefficient (Wildman–Crippen LogP) is 3.84. The zero-order valence-electron chi connectivity index (χ0n) is 19.8. The maximum absolute atomic E-state index is 13.2. The summed E-state index contributed by atoms with van der Waals surface area (Å²) in [7, 11) is 2.06. The minimum absolute atomic E-state index is 0.0724. The van der Waals surface area contributed by atoms with Crippen LogP contribution < -0.4 is 4.74 Å². The number of fused-ring (bicyclic) bond motifs is 1. The van der Waals surface area contributed by atoms with Crippen LogP contribution >= 0.6 is 0 Å². The van der Waals surface area contributed by atoms with Crippen molar-refractivity contribution >= 4 is 5.91 Å². The number of hydrogen-bond acceptors (Lipinski definition) is 6. The quantitative estimate of drug-likeness (QED) is 0.546. The number of carbonyl (C=O) groups is 1. The van der Waals surface area contributed by atoms with Crippen LogP contribution in [0.25, 0.3) is 0 Å². The molecule has 1 amide bonds. The lowest BCUT2D eigenvalue weighted by atomic mass is 9.94. The molecule has 3 heterocycles. The Morgan fingerprint density at radius 3 is 2.85 bits per heavy atom. The number of aryl methyl sites for hydroxylation is 1. The first-order chi connectivity index (χ1) is 16.7. The smallest absolute Gasteiger partial charge is 0.274 e. The minimum atomic E-state index is 0.0724. The topological polar surface area (TPSA) is 87.5 Å². The number of nitrogens with one attached hydrogen (secondary N) is 1. The number of rotatable bonds is 8. The number of hydrogen-bond donors (Lipinski definition) is 1. The van der Waals surface area contributed by atoms with Gasteiger partial charge in [-0.15, -0.1) is 0 Å². The summed E-state index contributed by atoms with van der Waals surface area (Å²) in [5, 5.41) is 11.4. The van der Waals surface area contributed by atoms with E-state index < -0.39 is 0 Å². The molecule has 1 aliphatic heterocycles. The van der Waals surface area contributed by atoms with Crippen molar-refractivity contribution in [2.75, 3.05) is 26.7 Å². The largest absolute Gasteiger partial charge is 0.493 e. The summed E-state index contributed by atoms with van der Waals surface area (Å²) in [5.41, 5.74) is 5.07. The van der Waals surface area contributed by atoms with Crippen molar-refractivity contribution in [1.29, 1.82) is 0 Å². The van der Waals surface area contributed by atoms with E-state index in [1.54, 1.807) is 6.26 Å². The number of nitrogens with zero attached hydrogens (tertiary/aromatic N) is 4. The van der Waals surface area contributed by atoms with E-state index >= 15 is 0 Å². The second kappa shape index (κ2) is 10.4. The molecule has 34 heavy (non-hydrogen) atoms. The number of carbonyl (C=O) groups excluding carboxylic acids is 1. The molecule has 1 saturated heterocycles. The summed E-state index contributed by atoms with van der Waals surface area (Å²) >= 11 is 0. The molecule has 3 aromatic rings. The number of H-pyrrole nitrogens is 1. The lowest BCUT2D eigenvalue weighted by Gasteiger charge is -2.32. The summed E-state index contributed by atoms with van der Waals surface area (Å²) in [6.45, 7) is 3.71. The van der Waals surface area contributed by atoms with Crippen LogP contribution in [0.4, 0.5) is 0 Å². The van der Waals surface area contributed by atoms with E-state index in [2.05, 4.69) is 39.4 Å². The molecule has 180 valence electrons. The Kier molecular flexibility index (Phi) is 6.94. The number of benzene rings is 1. The van der Waals surface area contributed by atoms with Crippen molar-refractivity contribution in [3.05, 3.63) is 64.8 Å². The van der Waals surface area contributed by atoms with Crippen LogP contribution in [0.3, 0.4) is 0 Å². The van der Waals surface area contributed by atoms with Crippen molar-refractivity contribution in [3.8, 4) is 5.75 Å². The third-order valence-electron chi connectivity index (χ3n) is 6.85. The van der Waals surface area contributed by atoms with Crippen LogP contribution in [0.1, 0.15) is 58.7 Å². The number of amides is 1. The number of aromatic nitrogens is 3. The first kappa shape index (κ1) is 22.7. The third kappa shape index (κ3) is 5.33. The summed E-state index contributed by atoms with van der Waals surface area (Å²) in [6, 6.07) is 10.1. The molecule has 1 fully saturated rings. The Labute approximate surface area is 200 Å². The molecule has 1 aromatic carbocycles. The highest BCUT2D eigenvalue weighted by atomic mass is 16.5. The van der Waals surface area contributed by atoms with Crippen LogP contribution in [0.15, 0.2) is 41.1 Å². The van der Waals surface area contributed by atoms with Gasteiger partial charge >= 0.3 is 0 Å². The Morgan fingerprint density at radius 1 is 1.18 bits per heavy atom. The molecule has 2 aromatic heterocycles. The second-order valence-corrected chi connectivity index (χ2v) is 9.61. The van der Waals surface area contributed by atoms with E-state index in [4.69, 9.17) is 9.26 Å². The Hall–Kier alpha value is -3.13. The van der Waals surface area contributed by atoms with Crippen molar-refractivity contribution < 1.29 is 14.1 Å². The molecule has 2 aliphatic rings. The molecular weight excluding hydrogens is 430 g/mol. The van der Waals surface area contributed by atoms with Crippen LogP contribution in [0, 0.1) is 5.92 Å². The molecule has 1 N–H and O–H groups in total. The molecule has 1 aliphatic carbocycles. The zero-order chi connectivity index (χ0) is 23.3. The lowest BCUT2D eigenvalue weighted by Crippen LogP contribution is -2.42. The Morgan fingerprint density at radius 2 is 2.03 bits per heavy atom. The van der Waals surface area contributed by atoms with Gasteiger partial charge in [-0.25, -0.2) is 0 Å². The highest BCUT2D eigenvalue weighted by Gasteiger charge is 2.29. The fourth-order valence-corrected chi connectivity index (χ4v) is 5.06. The van der Waals surface area contributed by atoms with Crippen LogP contribution in [0.5, 0.6) is 5.75 Å². The third-order valence-corrected chi connectivity index (χ3v) is 6.85. The molecule has 0 bridgehead atoms. The van der Waals surface area contributed by atoms with Crippen LogP contribution in [-0.4, -0.2) is 57.8 Å². The van der Waals surface area contributed by atoms with Crippen molar-refractivity contribution in [3.63, 3.8) is 0 Å². The summed E-state index contributed by atoms with van der Waals surface area (Å²) < 4.78 is 11.0. The van der Waals surface area contributed by atoms with Gasteiger partial charge < -0.3 is 14.2 Å². The van der Waals surface area contributed by atoms with Gasteiger partial charge in [-0.1, -0.05) is 17.3 Å². The van der Waals surface area contributed by atoms with Gasteiger partial charge in [-0.3, -0.25) is 14.8 Å². The fourth-order valence-electron chi connectivity index (χ4n) is 5.06. The van der Waals surface area contributed by atoms with Gasteiger partial charge in [0.2, 0.25) is 0 Å². The number of likely N-dealkylation sites (tertiary alicyclic amines) is 1. The highest BCUT2D eigenvalue weighted by molar-refractivity contribution is 5.94. The standard InChI is InChI=1S/C26H33N5O3/c1-30(17-21-12-14-34-29-21)15-19-8-10-22(11-9-19)33-18-20-5-4-13-31(16-20)26(32)25-23-6-2-3-7-24(23)27-28-25/h8-12,14,20H,2-7,13,15-18H2,1H3,(H,27,28)/t20-/m1/s1. The van der Waals surface area contributed by atoms with E-state index in [1.165, 1.54) is 12.0 Å². The Bertz CT molecular complexity index is 1080. The molecule has 0 unspecified atom stereocenters. The van der Waals surface area contributed by atoms with E-state index in [0.717, 1.165) is 81.0 Å².